The molecule has 2 heteroatoms. The van der Waals surface area contributed by atoms with Crippen LogP contribution in [-0.2, 0) is 0 Å². The molecule has 15 heavy (non-hydrogen) atoms. The lowest BCUT2D eigenvalue weighted by Crippen LogP contribution is -2.55. The molecule has 1 saturated carbocycles. The van der Waals surface area contributed by atoms with Crippen molar-refractivity contribution < 1.29 is 0 Å². The van der Waals surface area contributed by atoms with Gasteiger partial charge in [-0.2, -0.15) is 0 Å². The molecule has 3 N–H and O–H groups in total. The van der Waals surface area contributed by atoms with Crippen LogP contribution in [0.25, 0.3) is 0 Å². The third kappa shape index (κ3) is 3.52. The second-order valence-electron chi connectivity index (χ2n) is 5.12. The molecule has 2 unspecified atom stereocenters. The van der Waals surface area contributed by atoms with Crippen LogP contribution < -0.4 is 11.1 Å². The third-order valence-electron chi connectivity index (χ3n) is 3.40. The van der Waals surface area contributed by atoms with E-state index in [9.17, 15) is 0 Å². The third-order valence-corrected chi connectivity index (χ3v) is 3.40. The van der Waals surface area contributed by atoms with E-state index < -0.39 is 0 Å². The Kier molecular flexibility index (Phi) is 4.63. The van der Waals surface area contributed by atoms with Crippen LogP contribution in [0.5, 0.6) is 0 Å². The number of nitrogens with one attached hydrogen (secondary N) is 1. The Morgan fingerprint density at radius 1 is 1.33 bits per heavy atom. The van der Waals surface area contributed by atoms with E-state index in [0.717, 1.165) is 24.9 Å². The molecule has 0 radical (unpaired) electrons. The van der Waals surface area contributed by atoms with Gasteiger partial charge in [0.05, 0.1) is 6.54 Å². The van der Waals surface area contributed by atoms with Crippen LogP contribution in [0.1, 0.15) is 40.0 Å². The highest BCUT2D eigenvalue weighted by atomic mass is 15.0. The first-order valence-corrected chi connectivity index (χ1v) is 5.96. The van der Waals surface area contributed by atoms with E-state index in [2.05, 4.69) is 31.0 Å². The fourth-order valence-corrected chi connectivity index (χ4v) is 2.97. The Morgan fingerprint density at radius 3 is 2.40 bits per heavy atom. The van der Waals surface area contributed by atoms with Gasteiger partial charge < -0.3 is 5.73 Å². The van der Waals surface area contributed by atoms with Crippen molar-refractivity contribution in [3.8, 4) is 11.8 Å². The van der Waals surface area contributed by atoms with Crippen molar-refractivity contribution in [3.05, 3.63) is 0 Å². The Bertz CT molecular complexity index is 239. The second-order valence-corrected chi connectivity index (χ2v) is 5.12. The summed E-state index contributed by atoms with van der Waals surface area (Å²) in [4.78, 5) is 0. The molecule has 0 saturated heterocycles. The molecule has 1 aliphatic carbocycles. The highest BCUT2D eigenvalue weighted by Gasteiger charge is 2.35. The lowest BCUT2D eigenvalue weighted by molar-refractivity contribution is 0.155. The monoisotopic (exact) mass is 208 g/mol. The summed E-state index contributed by atoms with van der Waals surface area (Å²) in [5.41, 5.74) is 6.07. The molecule has 0 aliphatic heterocycles. The van der Waals surface area contributed by atoms with Gasteiger partial charge in [0, 0.05) is 12.1 Å². The molecule has 86 valence electrons. The van der Waals surface area contributed by atoms with Crippen molar-refractivity contribution in [1.29, 1.82) is 0 Å². The van der Waals surface area contributed by atoms with Crippen molar-refractivity contribution in [3.63, 3.8) is 0 Å². The van der Waals surface area contributed by atoms with Gasteiger partial charge in [-0.1, -0.05) is 19.8 Å². The summed E-state index contributed by atoms with van der Waals surface area (Å²) in [7, 11) is 0. The Balaban J connectivity index is 2.59. The van der Waals surface area contributed by atoms with E-state index in [1.165, 1.54) is 19.3 Å². The minimum absolute atomic E-state index is 0.140. The van der Waals surface area contributed by atoms with E-state index in [0.29, 0.717) is 0 Å². The van der Waals surface area contributed by atoms with Crippen molar-refractivity contribution in [2.75, 3.05) is 13.1 Å². The smallest absolute Gasteiger partial charge is 0.0581 e. The van der Waals surface area contributed by atoms with Gasteiger partial charge in [0.25, 0.3) is 0 Å². The first-order valence-electron chi connectivity index (χ1n) is 5.96. The topological polar surface area (TPSA) is 38.0 Å². The number of hydrogen-bond acceptors (Lipinski definition) is 2. The van der Waals surface area contributed by atoms with Gasteiger partial charge in [-0.25, -0.2) is 0 Å². The van der Waals surface area contributed by atoms with Gasteiger partial charge in [-0.05, 0) is 38.0 Å². The molecular formula is C13H24N2. The molecule has 0 amide bonds. The Hall–Kier alpha value is -0.520. The van der Waals surface area contributed by atoms with Crippen LogP contribution in [0.15, 0.2) is 0 Å². The zero-order chi connectivity index (χ0) is 11.3. The standard InChI is InChI=1S/C13H24N2/c1-4-5-6-15-13(10-14)8-11(2)7-12(3)9-13/h11-12,15H,6-10,14H2,1-3H3. The molecule has 0 bridgehead atoms. The lowest BCUT2D eigenvalue weighted by atomic mass is 9.71. The highest BCUT2D eigenvalue weighted by Crippen LogP contribution is 2.35. The van der Waals surface area contributed by atoms with E-state index in [4.69, 9.17) is 5.73 Å². The highest BCUT2D eigenvalue weighted by molar-refractivity contribution is 5.02. The van der Waals surface area contributed by atoms with Crippen molar-refractivity contribution in [2.24, 2.45) is 17.6 Å². The van der Waals surface area contributed by atoms with Gasteiger partial charge in [0.1, 0.15) is 0 Å². The molecule has 1 aliphatic rings. The molecule has 0 aromatic rings. The average molecular weight is 208 g/mol. The summed E-state index contributed by atoms with van der Waals surface area (Å²) in [6.07, 6.45) is 3.72. The van der Waals surface area contributed by atoms with Crippen LogP contribution in [0.3, 0.4) is 0 Å². The maximum absolute atomic E-state index is 5.93. The normalized spacial score (nSPS) is 35.7. The second kappa shape index (κ2) is 5.53. The number of nitrogens with two attached hydrogens (primary N) is 1. The predicted molar refractivity (Wildman–Crippen MR) is 65.4 cm³/mol. The SMILES string of the molecule is CC#CCNC1(CN)CC(C)CC(C)C1. The zero-order valence-electron chi connectivity index (χ0n) is 10.3. The summed E-state index contributed by atoms with van der Waals surface area (Å²) in [6, 6.07) is 0. The molecular weight excluding hydrogens is 184 g/mol. The maximum Gasteiger partial charge on any atom is 0.0581 e. The fourth-order valence-electron chi connectivity index (χ4n) is 2.97. The number of rotatable bonds is 3. The molecule has 1 rings (SSSR count). The lowest BCUT2D eigenvalue weighted by Gasteiger charge is -2.42. The van der Waals surface area contributed by atoms with Crippen LogP contribution >= 0.6 is 0 Å². The van der Waals surface area contributed by atoms with Crippen LogP contribution in [-0.4, -0.2) is 18.6 Å². The largest absolute Gasteiger partial charge is 0.329 e. The molecule has 0 aromatic carbocycles. The molecule has 0 heterocycles. The first-order chi connectivity index (χ1) is 7.12. The van der Waals surface area contributed by atoms with Crippen molar-refractivity contribution in [1.82, 2.24) is 5.32 Å². The predicted octanol–water partition coefficient (Wildman–Crippen LogP) is 1.75. The molecule has 0 aromatic heterocycles. The van der Waals surface area contributed by atoms with Gasteiger partial charge >= 0.3 is 0 Å². The maximum atomic E-state index is 5.93. The molecule has 2 atom stereocenters. The van der Waals surface area contributed by atoms with Crippen molar-refractivity contribution in [2.45, 2.75) is 45.6 Å². The van der Waals surface area contributed by atoms with Crippen LogP contribution in [0.2, 0.25) is 0 Å². The summed E-state index contributed by atoms with van der Waals surface area (Å²) in [5, 5.41) is 3.55. The minimum atomic E-state index is 0.140. The van der Waals surface area contributed by atoms with Gasteiger partial charge in [0.15, 0.2) is 0 Å². The van der Waals surface area contributed by atoms with Gasteiger partial charge in [-0.15, -0.1) is 5.92 Å². The quantitative estimate of drug-likeness (QED) is 0.694. The van der Waals surface area contributed by atoms with Crippen molar-refractivity contribution >= 4 is 0 Å². The summed E-state index contributed by atoms with van der Waals surface area (Å²) >= 11 is 0. The van der Waals surface area contributed by atoms with Gasteiger partial charge in [0.2, 0.25) is 0 Å². The number of hydrogen-bond donors (Lipinski definition) is 2. The van der Waals surface area contributed by atoms with Crippen LogP contribution in [0.4, 0.5) is 0 Å². The Labute approximate surface area is 94.0 Å². The van der Waals surface area contributed by atoms with E-state index in [1.54, 1.807) is 0 Å². The summed E-state index contributed by atoms with van der Waals surface area (Å²) in [5.74, 6) is 7.54. The van der Waals surface area contributed by atoms with E-state index in [-0.39, 0.29) is 5.54 Å². The molecule has 1 fully saturated rings. The molecule has 0 spiro atoms. The zero-order valence-corrected chi connectivity index (χ0v) is 10.3. The van der Waals surface area contributed by atoms with Gasteiger partial charge in [-0.3, -0.25) is 5.32 Å². The fraction of sp³-hybridized carbons (Fsp3) is 0.846. The van der Waals surface area contributed by atoms with E-state index in [1.807, 2.05) is 6.92 Å². The van der Waals surface area contributed by atoms with E-state index >= 15 is 0 Å². The average Bonchev–Trinajstić information content (AvgIpc) is 2.17. The summed E-state index contributed by atoms with van der Waals surface area (Å²) < 4.78 is 0. The first kappa shape index (κ1) is 12.5. The summed E-state index contributed by atoms with van der Waals surface area (Å²) in [6.45, 7) is 8.03. The van der Waals surface area contributed by atoms with Crippen LogP contribution in [0, 0.1) is 23.7 Å². The Morgan fingerprint density at radius 2 is 1.93 bits per heavy atom. The molecule has 2 nitrogen and oxygen atoms in total. The minimum Gasteiger partial charge on any atom is -0.329 e.